The monoisotopic (exact) mass is 1800 g/mol. The third kappa shape index (κ3) is 19.9. The highest BCUT2D eigenvalue weighted by atomic mass is 15.2. The minimum Gasteiger partial charge on any atom is -0.311 e. The van der Waals surface area contributed by atoms with Crippen molar-refractivity contribution in [2.75, 3.05) is 14.7 Å². The number of anilines is 9. The van der Waals surface area contributed by atoms with E-state index in [1.54, 1.807) is 0 Å². The van der Waals surface area contributed by atoms with Crippen LogP contribution in [-0.2, 0) is 0 Å². The predicted molar refractivity (Wildman–Crippen MR) is 601 cm³/mol. The van der Waals surface area contributed by atoms with Gasteiger partial charge in [-0.25, -0.2) is 0 Å². The lowest BCUT2D eigenvalue weighted by Crippen LogP contribution is -2.11. The summed E-state index contributed by atoms with van der Waals surface area (Å²) in [6, 6.07) is 215. The van der Waals surface area contributed by atoms with Gasteiger partial charge in [-0.2, -0.15) is 0 Å². The van der Waals surface area contributed by atoms with Gasteiger partial charge in [0.05, 0.1) is 5.69 Å². The van der Waals surface area contributed by atoms with Crippen LogP contribution in [0.2, 0.25) is 0 Å². The van der Waals surface area contributed by atoms with Crippen molar-refractivity contribution in [3.8, 4) is 134 Å². The van der Waals surface area contributed by atoms with Crippen LogP contribution >= 0.6 is 0 Å². The van der Waals surface area contributed by atoms with Gasteiger partial charge < -0.3 is 14.7 Å². The highest BCUT2D eigenvalue weighted by molar-refractivity contribution is 5.98. The Kier molecular flexibility index (Phi) is 25.7. The summed E-state index contributed by atoms with van der Waals surface area (Å²) in [5.74, 6) is 0. The molecule has 0 bridgehead atoms. The van der Waals surface area contributed by atoms with Crippen molar-refractivity contribution in [3.63, 3.8) is 0 Å². The summed E-state index contributed by atoms with van der Waals surface area (Å²) in [5, 5.41) is 7.46. The first-order valence-corrected chi connectivity index (χ1v) is 48.3. The van der Waals surface area contributed by atoms with E-state index in [-0.39, 0.29) is 0 Å². The second kappa shape index (κ2) is 41.3. The molecule has 0 radical (unpaired) electrons. The summed E-state index contributed by atoms with van der Waals surface area (Å²) in [5.41, 5.74) is 39.1. The summed E-state index contributed by atoms with van der Waals surface area (Å²) in [7, 11) is 0. The smallest absolute Gasteiger partial charge is 0.0540 e. The van der Waals surface area contributed by atoms with Crippen molar-refractivity contribution in [1.82, 2.24) is 0 Å². The summed E-state index contributed by atoms with van der Waals surface area (Å²) >= 11 is 0. The van der Waals surface area contributed by atoms with Crippen molar-refractivity contribution in [3.05, 3.63) is 601 Å². The molecular formula is C138H99N3. The highest BCUT2D eigenvalue weighted by Gasteiger charge is 2.23. The van der Waals surface area contributed by atoms with Crippen LogP contribution in [0.3, 0.4) is 0 Å². The molecule has 0 aliphatic carbocycles. The molecule has 0 fully saturated rings. The summed E-state index contributed by atoms with van der Waals surface area (Å²) in [6.45, 7) is 0. The molecule has 24 rings (SSSR count). The number of nitrogens with zero attached hydrogens (tertiary/aromatic N) is 3. The van der Waals surface area contributed by atoms with E-state index in [1.165, 1.54) is 166 Å². The molecule has 0 aromatic heterocycles. The SMILES string of the molecule is c1ccc(-c2cc(-c3ccccc3)cc(N(c3ccccc3)c3ccc(-c4ccc5cc(-c6ccccc6)ccc5c4)cc3)c2)cc1.c1ccc(-c2ccc(N(c3ccccc3)c3ccc(-c4ccc5cc(-c6ccccc6)ccc5c4)cc3)c(-c3ccccc3)c2)cc1.c1ccc(-c2ccc3cc(-c4ccc(N(c5ccccc5)c5ccc(-c6ccccc6-c6ccccc6)cc5)cc4)ccc3c2)cc1. The second-order valence-corrected chi connectivity index (χ2v) is 35.5. The Bertz CT molecular complexity index is 8290. The first kappa shape index (κ1) is 87.8. The molecule has 666 valence electrons. The molecule has 0 spiro atoms. The van der Waals surface area contributed by atoms with Gasteiger partial charge in [0.1, 0.15) is 0 Å². The maximum Gasteiger partial charge on any atom is 0.0540 e. The third-order valence-corrected chi connectivity index (χ3v) is 26.5. The first-order chi connectivity index (χ1) is 69.9. The molecule has 141 heavy (non-hydrogen) atoms. The van der Waals surface area contributed by atoms with Crippen molar-refractivity contribution in [1.29, 1.82) is 0 Å². The zero-order chi connectivity index (χ0) is 94.3. The summed E-state index contributed by atoms with van der Waals surface area (Å²) in [4.78, 5) is 7.04. The topological polar surface area (TPSA) is 9.72 Å². The van der Waals surface area contributed by atoms with Crippen LogP contribution in [0.4, 0.5) is 51.2 Å². The van der Waals surface area contributed by atoms with E-state index in [1.807, 2.05) is 0 Å². The molecule has 24 aromatic carbocycles. The Morgan fingerprint density at radius 2 is 0.262 bits per heavy atom. The lowest BCUT2D eigenvalue weighted by Gasteiger charge is -2.28. The van der Waals surface area contributed by atoms with Gasteiger partial charge in [-0.15, -0.1) is 0 Å². The summed E-state index contributed by atoms with van der Waals surface area (Å²) in [6.07, 6.45) is 0. The molecule has 0 unspecified atom stereocenters. The average Bonchev–Trinajstić information content (AvgIpc) is 0.786. The Balaban J connectivity index is 0.000000121. The third-order valence-electron chi connectivity index (χ3n) is 26.5. The average molecular weight is 1800 g/mol. The zero-order valence-electron chi connectivity index (χ0n) is 78.0. The first-order valence-electron chi connectivity index (χ1n) is 48.3. The largest absolute Gasteiger partial charge is 0.311 e. The number of benzene rings is 24. The maximum atomic E-state index is 2.37. The number of hydrogen-bond donors (Lipinski definition) is 0. The molecule has 3 nitrogen and oxygen atoms in total. The van der Waals surface area contributed by atoms with Crippen LogP contribution in [-0.4, -0.2) is 0 Å². The second-order valence-electron chi connectivity index (χ2n) is 35.5. The van der Waals surface area contributed by atoms with E-state index in [0.29, 0.717) is 0 Å². The molecule has 0 saturated carbocycles. The lowest BCUT2D eigenvalue weighted by molar-refractivity contribution is 1.28. The fourth-order valence-electron chi connectivity index (χ4n) is 19.3. The molecule has 0 aliphatic rings. The molecule has 0 saturated heterocycles. The van der Waals surface area contributed by atoms with Gasteiger partial charge in [0, 0.05) is 51.1 Å². The fourth-order valence-corrected chi connectivity index (χ4v) is 19.3. The van der Waals surface area contributed by atoms with Gasteiger partial charge in [-0.3, -0.25) is 0 Å². The Morgan fingerprint density at radius 3 is 0.546 bits per heavy atom. The van der Waals surface area contributed by atoms with Crippen molar-refractivity contribution in [2.45, 2.75) is 0 Å². The zero-order valence-corrected chi connectivity index (χ0v) is 78.0. The minimum absolute atomic E-state index is 1.11. The van der Waals surface area contributed by atoms with Crippen molar-refractivity contribution < 1.29 is 0 Å². The van der Waals surface area contributed by atoms with Crippen molar-refractivity contribution >= 4 is 83.5 Å². The number of fused-ring (bicyclic) bond motifs is 3. The quantitative estimate of drug-likeness (QED) is 0.0710. The normalized spacial score (nSPS) is 11.0. The van der Waals surface area contributed by atoms with Gasteiger partial charge in [-0.05, 0) is 312 Å². The lowest BCUT2D eigenvalue weighted by atomic mass is 9.94. The Labute approximate surface area is 826 Å². The van der Waals surface area contributed by atoms with Crippen molar-refractivity contribution in [2.24, 2.45) is 0 Å². The molecule has 3 heteroatoms. The fraction of sp³-hybridized carbons (Fsp3) is 0. The number of para-hydroxylation sites is 3. The standard InChI is InChI=1S/3C46H33N/c1-5-13-34(14-6-1)38-21-23-41-32-39(22-24-40(41)31-38)36-25-28-44(29-26-36)47(43-19-11-4-12-20-43)46-30-27-42(35-15-7-2-8-16-35)33-45(46)37-17-9-3-10-18-37;1-5-13-34(14-6-1)38-21-23-41-30-39(22-24-40(41)29-38)37-25-27-45(28-26-37)47(44-19-11-4-12-20-44)46-32-42(35-15-7-2-8-16-35)31-43(33-46)36-17-9-3-10-18-36;1-4-12-34(13-5-1)38-20-22-41-33-39(21-23-40(41)32-38)35-24-28-43(29-25-35)47(42-16-8-3-9-17-42)44-30-26-37(27-31-44)46-19-11-10-18-45(46)36-14-6-2-7-15-36/h3*1-33H. The molecule has 0 heterocycles. The van der Waals surface area contributed by atoms with E-state index >= 15 is 0 Å². The van der Waals surface area contributed by atoms with E-state index in [4.69, 9.17) is 0 Å². The van der Waals surface area contributed by atoms with Gasteiger partial charge in [0.25, 0.3) is 0 Å². The van der Waals surface area contributed by atoms with Crippen LogP contribution in [0.5, 0.6) is 0 Å². The van der Waals surface area contributed by atoms with E-state index < -0.39 is 0 Å². The maximum absolute atomic E-state index is 2.37. The van der Waals surface area contributed by atoms with Gasteiger partial charge >= 0.3 is 0 Å². The van der Waals surface area contributed by atoms with Crippen LogP contribution in [0.25, 0.3) is 166 Å². The van der Waals surface area contributed by atoms with Gasteiger partial charge in [0.2, 0.25) is 0 Å². The van der Waals surface area contributed by atoms with E-state index in [2.05, 4.69) is 615 Å². The molecule has 0 aliphatic heterocycles. The molecule has 0 N–H and O–H groups in total. The highest BCUT2D eigenvalue weighted by Crippen LogP contribution is 2.47. The van der Waals surface area contributed by atoms with Crippen LogP contribution in [0.1, 0.15) is 0 Å². The Morgan fingerprint density at radius 1 is 0.0851 bits per heavy atom. The van der Waals surface area contributed by atoms with Crippen LogP contribution in [0.15, 0.2) is 601 Å². The van der Waals surface area contributed by atoms with Crippen LogP contribution < -0.4 is 14.7 Å². The molecule has 0 atom stereocenters. The summed E-state index contributed by atoms with van der Waals surface area (Å²) < 4.78 is 0. The van der Waals surface area contributed by atoms with Gasteiger partial charge in [-0.1, -0.05) is 449 Å². The Hall–Kier alpha value is -18.5. The molecule has 0 amide bonds. The molecular weight excluding hydrogens is 1700 g/mol. The number of hydrogen-bond acceptors (Lipinski definition) is 3. The van der Waals surface area contributed by atoms with E-state index in [0.717, 1.165) is 51.2 Å². The van der Waals surface area contributed by atoms with Crippen LogP contribution in [0, 0.1) is 0 Å². The van der Waals surface area contributed by atoms with Gasteiger partial charge in [0.15, 0.2) is 0 Å². The van der Waals surface area contributed by atoms with E-state index in [9.17, 15) is 0 Å². The molecule has 24 aromatic rings. The predicted octanol–water partition coefficient (Wildman–Crippen LogP) is 38.9. The number of rotatable bonds is 21. The minimum atomic E-state index is 1.11.